The zero-order valence-corrected chi connectivity index (χ0v) is 6.57. The first-order valence-electron chi connectivity index (χ1n) is 3.42. The first kappa shape index (κ1) is 7.78. The lowest BCUT2D eigenvalue weighted by atomic mass is 10.5. The van der Waals surface area contributed by atoms with E-state index in [1.165, 1.54) is 0 Å². The van der Waals surface area contributed by atoms with Crippen LogP contribution < -0.4 is 4.74 Å². The Morgan fingerprint density at radius 2 is 2.55 bits per heavy atom. The van der Waals surface area contributed by atoms with E-state index in [-0.39, 0.29) is 0 Å². The first-order chi connectivity index (χ1) is 5.27. The maximum absolute atomic E-state index is 9.99. The van der Waals surface area contributed by atoms with Gasteiger partial charge in [0.1, 0.15) is 0 Å². The molecule has 0 amide bonds. The Morgan fingerprint density at radius 3 is 3.09 bits per heavy atom. The van der Waals surface area contributed by atoms with Crippen LogP contribution in [0.5, 0.6) is 5.88 Å². The van der Waals surface area contributed by atoms with Crippen molar-refractivity contribution in [1.82, 2.24) is 9.78 Å². The number of aryl methyl sites for hydroxylation is 2. The van der Waals surface area contributed by atoms with Gasteiger partial charge in [0, 0.05) is 12.6 Å². The maximum Gasteiger partial charge on any atom is 0.299 e. The van der Waals surface area contributed by atoms with E-state index >= 15 is 0 Å². The molecule has 1 heterocycles. The summed E-state index contributed by atoms with van der Waals surface area (Å²) in [7, 11) is 0. The lowest BCUT2D eigenvalue weighted by molar-refractivity contribution is -0.121. The van der Waals surface area contributed by atoms with Crippen LogP contribution in [0.25, 0.3) is 0 Å². The molecular formula is C7H10N2O2. The largest absolute Gasteiger partial charge is 0.410 e. The fraction of sp³-hybridized carbons (Fsp3) is 0.429. The lowest BCUT2D eigenvalue weighted by Crippen LogP contribution is -2.01. The van der Waals surface area contributed by atoms with E-state index in [1.54, 1.807) is 10.7 Å². The van der Waals surface area contributed by atoms with E-state index in [0.29, 0.717) is 18.9 Å². The molecule has 0 aliphatic heterocycles. The Labute approximate surface area is 64.8 Å². The minimum Gasteiger partial charge on any atom is -0.410 e. The number of rotatable bonds is 3. The highest BCUT2D eigenvalue weighted by Crippen LogP contribution is 2.11. The summed E-state index contributed by atoms with van der Waals surface area (Å²) in [5.41, 5.74) is 0.851. The minimum atomic E-state index is 0.405. The summed E-state index contributed by atoms with van der Waals surface area (Å²) in [4.78, 5) is 9.99. The smallest absolute Gasteiger partial charge is 0.299 e. The Kier molecular flexibility index (Phi) is 2.25. The molecule has 0 aliphatic rings. The van der Waals surface area contributed by atoms with Crippen LogP contribution in [0.15, 0.2) is 6.07 Å². The SMILES string of the molecule is CCn1nc(C)cc1OC=O. The van der Waals surface area contributed by atoms with Gasteiger partial charge in [-0.05, 0) is 13.8 Å². The summed E-state index contributed by atoms with van der Waals surface area (Å²) in [6.45, 7) is 4.90. The molecule has 1 aromatic heterocycles. The summed E-state index contributed by atoms with van der Waals surface area (Å²) in [5, 5.41) is 4.08. The third-order valence-electron chi connectivity index (χ3n) is 1.33. The maximum atomic E-state index is 9.99. The van der Waals surface area contributed by atoms with Gasteiger partial charge in [-0.2, -0.15) is 5.10 Å². The predicted octanol–water partition coefficient (Wildman–Crippen LogP) is 0.747. The van der Waals surface area contributed by atoms with Crippen molar-refractivity contribution in [3.05, 3.63) is 11.8 Å². The fourth-order valence-electron chi connectivity index (χ4n) is 0.892. The number of nitrogens with zero attached hydrogens (tertiary/aromatic N) is 2. The van der Waals surface area contributed by atoms with Gasteiger partial charge in [0.2, 0.25) is 5.88 Å². The molecule has 0 unspecified atom stereocenters. The summed E-state index contributed by atoms with van der Waals surface area (Å²) in [6, 6.07) is 1.72. The van der Waals surface area contributed by atoms with Crippen LogP contribution in [-0.4, -0.2) is 16.3 Å². The van der Waals surface area contributed by atoms with E-state index in [9.17, 15) is 4.79 Å². The quantitative estimate of drug-likeness (QED) is 0.603. The summed E-state index contributed by atoms with van der Waals surface area (Å²) >= 11 is 0. The molecule has 0 bridgehead atoms. The molecule has 60 valence electrons. The average molecular weight is 154 g/mol. The second kappa shape index (κ2) is 3.18. The van der Waals surface area contributed by atoms with Gasteiger partial charge in [-0.1, -0.05) is 0 Å². The lowest BCUT2D eigenvalue weighted by Gasteiger charge is -1.98. The summed E-state index contributed by atoms with van der Waals surface area (Å²) in [6.07, 6.45) is 0. The molecule has 4 heteroatoms. The third kappa shape index (κ3) is 1.58. The van der Waals surface area contributed by atoms with Crippen LogP contribution in [0, 0.1) is 6.92 Å². The number of carbonyl (C=O) groups excluding carboxylic acids is 1. The van der Waals surface area contributed by atoms with E-state index < -0.39 is 0 Å². The van der Waals surface area contributed by atoms with Gasteiger partial charge in [-0.25, -0.2) is 4.68 Å². The Bertz CT molecular complexity index is 255. The van der Waals surface area contributed by atoms with Gasteiger partial charge in [0.25, 0.3) is 6.47 Å². The Balaban J connectivity index is 2.91. The molecule has 4 nitrogen and oxygen atoms in total. The van der Waals surface area contributed by atoms with Gasteiger partial charge < -0.3 is 4.74 Å². The molecule has 0 radical (unpaired) electrons. The second-order valence-corrected chi connectivity index (χ2v) is 2.15. The molecule has 0 spiro atoms. The topological polar surface area (TPSA) is 44.1 Å². The van der Waals surface area contributed by atoms with Crippen LogP contribution >= 0.6 is 0 Å². The molecule has 0 saturated carbocycles. The van der Waals surface area contributed by atoms with Gasteiger partial charge >= 0.3 is 0 Å². The highest BCUT2D eigenvalue weighted by atomic mass is 16.5. The standard InChI is InChI=1S/C7H10N2O2/c1-3-9-7(11-5-10)4-6(2)8-9/h4-5H,3H2,1-2H3. The van der Waals surface area contributed by atoms with E-state index in [1.807, 2.05) is 13.8 Å². The molecule has 0 fully saturated rings. The normalized spacial score (nSPS) is 9.64. The molecule has 11 heavy (non-hydrogen) atoms. The average Bonchev–Trinajstić information content (AvgIpc) is 2.32. The van der Waals surface area contributed by atoms with E-state index in [2.05, 4.69) is 9.84 Å². The molecule has 0 N–H and O–H groups in total. The monoisotopic (exact) mass is 154 g/mol. The van der Waals surface area contributed by atoms with Crippen LogP contribution in [0.3, 0.4) is 0 Å². The van der Waals surface area contributed by atoms with Crippen molar-refractivity contribution in [2.75, 3.05) is 0 Å². The predicted molar refractivity (Wildman–Crippen MR) is 39.3 cm³/mol. The van der Waals surface area contributed by atoms with E-state index in [0.717, 1.165) is 5.69 Å². The Morgan fingerprint density at radius 1 is 1.82 bits per heavy atom. The van der Waals surface area contributed by atoms with Gasteiger partial charge in [-0.15, -0.1) is 0 Å². The Hall–Kier alpha value is -1.32. The molecule has 0 aliphatic carbocycles. The van der Waals surface area contributed by atoms with Crippen LogP contribution in [0.1, 0.15) is 12.6 Å². The summed E-state index contributed by atoms with van der Waals surface area (Å²) in [5.74, 6) is 0.500. The zero-order chi connectivity index (χ0) is 8.27. The number of ether oxygens (including phenoxy) is 1. The molecular weight excluding hydrogens is 144 g/mol. The van der Waals surface area contributed by atoms with Crippen molar-refractivity contribution in [2.45, 2.75) is 20.4 Å². The third-order valence-corrected chi connectivity index (χ3v) is 1.33. The van der Waals surface area contributed by atoms with Crippen molar-refractivity contribution in [3.63, 3.8) is 0 Å². The van der Waals surface area contributed by atoms with Gasteiger partial charge in [0.05, 0.1) is 5.69 Å². The van der Waals surface area contributed by atoms with Crippen molar-refractivity contribution in [2.24, 2.45) is 0 Å². The molecule has 0 aromatic carbocycles. The minimum absolute atomic E-state index is 0.405. The number of aromatic nitrogens is 2. The zero-order valence-electron chi connectivity index (χ0n) is 6.57. The summed E-state index contributed by atoms with van der Waals surface area (Å²) < 4.78 is 6.30. The van der Waals surface area contributed by atoms with Crippen molar-refractivity contribution in [1.29, 1.82) is 0 Å². The van der Waals surface area contributed by atoms with Crippen molar-refractivity contribution >= 4 is 6.47 Å². The number of hydrogen-bond acceptors (Lipinski definition) is 3. The number of hydrogen-bond donors (Lipinski definition) is 0. The first-order valence-corrected chi connectivity index (χ1v) is 3.42. The molecule has 1 aromatic rings. The van der Waals surface area contributed by atoms with Crippen LogP contribution in [0.2, 0.25) is 0 Å². The second-order valence-electron chi connectivity index (χ2n) is 2.15. The fourth-order valence-corrected chi connectivity index (χ4v) is 0.892. The van der Waals surface area contributed by atoms with Crippen LogP contribution in [0.4, 0.5) is 0 Å². The van der Waals surface area contributed by atoms with Gasteiger partial charge in [0.15, 0.2) is 0 Å². The highest BCUT2D eigenvalue weighted by Gasteiger charge is 2.02. The molecule has 0 saturated heterocycles. The van der Waals surface area contributed by atoms with Crippen molar-refractivity contribution < 1.29 is 9.53 Å². The number of carbonyl (C=O) groups is 1. The van der Waals surface area contributed by atoms with Crippen LogP contribution in [-0.2, 0) is 11.3 Å². The highest BCUT2D eigenvalue weighted by molar-refractivity contribution is 5.43. The van der Waals surface area contributed by atoms with Crippen molar-refractivity contribution in [3.8, 4) is 5.88 Å². The van der Waals surface area contributed by atoms with E-state index in [4.69, 9.17) is 0 Å². The molecule has 0 atom stereocenters. The van der Waals surface area contributed by atoms with Gasteiger partial charge in [-0.3, -0.25) is 4.79 Å². The molecule has 1 rings (SSSR count).